The van der Waals surface area contributed by atoms with E-state index < -0.39 is 28.0 Å². The molecule has 0 radical (unpaired) electrons. The second kappa shape index (κ2) is 5.61. The number of rotatable bonds is 4. The van der Waals surface area contributed by atoms with Gasteiger partial charge in [-0.3, -0.25) is 8.98 Å². The third-order valence-electron chi connectivity index (χ3n) is 3.98. The van der Waals surface area contributed by atoms with Gasteiger partial charge < -0.3 is 9.67 Å². The van der Waals surface area contributed by atoms with Gasteiger partial charge in [-0.15, -0.1) is 0 Å². The molecule has 23 heavy (non-hydrogen) atoms. The molecule has 0 amide bonds. The minimum atomic E-state index is -3.60. The average molecular weight is 341 g/mol. The summed E-state index contributed by atoms with van der Waals surface area (Å²) in [6.07, 6.45) is 1.09. The van der Waals surface area contributed by atoms with E-state index in [-0.39, 0.29) is 13.0 Å². The van der Waals surface area contributed by atoms with Gasteiger partial charge in [0.2, 0.25) is 0 Å². The van der Waals surface area contributed by atoms with E-state index in [1.54, 1.807) is 16.7 Å². The number of halogens is 1. The van der Waals surface area contributed by atoms with Crippen LogP contribution in [0.4, 0.5) is 4.39 Å². The van der Waals surface area contributed by atoms with E-state index in [2.05, 4.69) is 0 Å². The summed E-state index contributed by atoms with van der Waals surface area (Å²) < 4.78 is 43.6. The predicted molar refractivity (Wildman–Crippen MR) is 81.3 cm³/mol. The predicted octanol–water partition coefficient (Wildman–Crippen LogP) is 1.70. The van der Waals surface area contributed by atoms with Crippen LogP contribution in [0, 0.1) is 5.82 Å². The Morgan fingerprint density at radius 1 is 1.48 bits per heavy atom. The minimum absolute atomic E-state index is 0.180. The van der Waals surface area contributed by atoms with E-state index in [9.17, 15) is 17.6 Å². The Morgan fingerprint density at radius 2 is 2.22 bits per heavy atom. The maximum atomic E-state index is 14.3. The van der Waals surface area contributed by atoms with E-state index >= 15 is 0 Å². The van der Waals surface area contributed by atoms with Crippen LogP contribution >= 0.6 is 0 Å². The zero-order valence-electron chi connectivity index (χ0n) is 12.5. The summed E-state index contributed by atoms with van der Waals surface area (Å²) in [6, 6.07) is 4.54. The first-order valence-electron chi connectivity index (χ1n) is 7.15. The van der Waals surface area contributed by atoms with Gasteiger partial charge in [-0.05, 0) is 24.5 Å². The van der Waals surface area contributed by atoms with Gasteiger partial charge in [0, 0.05) is 11.1 Å². The standard InChI is InChI=1S/C15H16FNO5S/c1-23(20,21)22-9-5-6-13-11(7-14(18)19)10-3-2-4-12(16)15(10)17(13)8-9/h2-4,9H,5-8H2,1H3,(H,18,19)/t9-/m0/s1. The summed E-state index contributed by atoms with van der Waals surface area (Å²) in [6.45, 7) is 0.180. The van der Waals surface area contributed by atoms with Crippen LogP contribution in [0.5, 0.6) is 0 Å². The normalized spacial score (nSPS) is 18.1. The van der Waals surface area contributed by atoms with Crippen LogP contribution < -0.4 is 0 Å². The molecule has 0 bridgehead atoms. The number of nitrogens with zero attached hydrogens (tertiary/aromatic N) is 1. The summed E-state index contributed by atoms with van der Waals surface area (Å²) in [4.78, 5) is 11.1. The number of hydrogen-bond donors (Lipinski definition) is 1. The molecule has 1 aromatic carbocycles. The molecule has 124 valence electrons. The lowest BCUT2D eigenvalue weighted by atomic mass is 10.0. The largest absolute Gasteiger partial charge is 0.481 e. The molecule has 1 aliphatic heterocycles. The summed E-state index contributed by atoms with van der Waals surface area (Å²) in [7, 11) is -3.60. The molecule has 1 atom stereocenters. The monoisotopic (exact) mass is 341 g/mol. The molecule has 8 heteroatoms. The molecular weight excluding hydrogens is 325 g/mol. The number of benzene rings is 1. The van der Waals surface area contributed by atoms with Gasteiger partial charge in [0.25, 0.3) is 10.1 Å². The second-order valence-electron chi connectivity index (χ2n) is 5.70. The van der Waals surface area contributed by atoms with Gasteiger partial charge in [-0.1, -0.05) is 12.1 Å². The minimum Gasteiger partial charge on any atom is -0.481 e. The number of hydrogen-bond acceptors (Lipinski definition) is 4. The lowest BCUT2D eigenvalue weighted by Crippen LogP contribution is -2.29. The maximum absolute atomic E-state index is 14.3. The fourth-order valence-corrected chi connectivity index (χ4v) is 3.89. The zero-order valence-corrected chi connectivity index (χ0v) is 13.3. The van der Waals surface area contributed by atoms with E-state index in [0.29, 0.717) is 29.3 Å². The molecule has 0 fully saturated rings. The van der Waals surface area contributed by atoms with Gasteiger partial charge in [-0.2, -0.15) is 8.42 Å². The fourth-order valence-electron chi connectivity index (χ4n) is 3.24. The molecule has 3 rings (SSSR count). The van der Waals surface area contributed by atoms with Crippen molar-refractivity contribution < 1.29 is 26.9 Å². The number of aromatic nitrogens is 1. The fraction of sp³-hybridized carbons (Fsp3) is 0.400. The number of aliphatic carboxylic acids is 1. The Hall–Kier alpha value is -1.93. The van der Waals surface area contributed by atoms with Crippen molar-refractivity contribution in [2.75, 3.05) is 6.26 Å². The van der Waals surface area contributed by atoms with Crippen molar-refractivity contribution in [2.45, 2.75) is 31.9 Å². The molecule has 0 saturated heterocycles. The third kappa shape index (κ3) is 3.09. The Labute approximate surface area is 132 Å². The highest BCUT2D eigenvalue weighted by Crippen LogP contribution is 2.33. The molecule has 1 aliphatic rings. The lowest BCUT2D eigenvalue weighted by molar-refractivity contribution is -0.136. The SMILES string of the molecule is CS(=O)(=O)O[C@H]1CCc2c(CC(=O)O)c3cccc(F)c3n2C1. The number of carbonyl (C=O) groups is 1. The van der Waals surface area contributed by atoms with Crippen LogP contribution in [0.3, 0.4) is 0 Å². The summed E-state index contributed by atoms with van der Waals surface area (Å²) in [5, 5.41) is 9.67. The lowest BCUT2D eigenvalue weighted by Gasteiger charge is -2.25. The van der Waals surface area contributed by atoms with Gasteiger partial charge in [0.15, 0.2) is 0 Å². The molecule has 0 aliphatic carbocycles. The van der Waals surface area contributed by atoms with Gasteiger partial charge in [0.05, 0.1) is 30.8 Å². The molecule has 1 aromatic heterocycles. The second-order valence-corrected chi connectivity index (χ2v) is 7.30. The van der Waals surface area contributed by atoms with Gasteiger partial charge >= 0.3 is 5.97 Å². The molecular formula is C15H16FNO5S. The molecule has 1 N–H and O–H groups in total. The van der Waals surface area contributed by atoms with Gasteiger partial charge in [0.1, 0.15) is 5.82 Å². The first-order valence-corrected chi connectivity index (χ1v) is 8.96. The highest BCUT2D eigenvalue weighted by atomic mass is 32.2. The number of fused-ring (bicyclic) bond motifs is 3. The van der Waals surface area contributed by atoms with Crippen LogP contribution in [-0.4, -0.2) is 36.4 Å². The van der Waals surface area contributed by atoms with Crippen molar-refractivity contribution in [3.05, 3.63) is 35.3 Å². The number of para-hydroxylation sites is 1. The smallest absolute Gasteiger partial charge is 0.307 e. The molecule has 0 saturated carbocycles. The summed E-state index contributed by atoms with van der Waals surface area (Å²) in [5.41, 5.74) is 1.63. The highest BCUT2D eigenvalue weighted by molar-refractivity contribution is 7.86. The van der Waals surface area contributed by atoms with Crippen molar-refractivity contribution >= 4 is 27.0 Å². The quantitative estimate of drug-likeness (QED) is 0.856. The van der Waals surface area contributed by atoms with E-state index in [1.807, 2.05) is 0 Å². The Balaban J connectivity index is 2.12. The van der Waals surface area contributed by atoms with Crippen molar-refractivity contribution in [2.24, 2.45) is 0 Å². The van der Waals surface area contributed by atoms with Crippen LogP contribution in [0.25, 0.3) is 10.9 Å². The Morgan fingerprint density at radius 3 is 2.87 bits per heavy atom. The van der Waals surface area contributed by atoms with Crippen LogP contribution in [0.2, 0.25) is 0 Å². The molecule has 6 nitrogen and oxygen atoms in total. The molecule has 0 unspecified atom stereocenters. The average Bonchev–Trinajstić information content (AvgIpc) is 2.72. The van der Waals surface area contributed by atoms with Crippen molar-refractivity contribution in [3.8, 4) is 0 Å². The van der Waals surface area contributed by atoms with E-state index in [4.69, 9.17) is 9.29 Å². The number of carboxylic acids is 1. The molecule has 0 spiro atoms. The third-order valence-corrected chi connectivity index (χ3v) is 4.61. The van der Waals surface area contributed by atoms with Crippen molar-refractivity contribution in [1.82, 2.24) is 4.57 Å². The Kier molecular flexibility index (Phi) is 3.89. The maximum Gasteiger partial charge on any atom is 0.307 e. The first-order chi connectivity index (χ1) is 10.8. The van der Waals surface area contributed by atoms with Crippen molar-refractivity contribution in [1.29, 1.82) is 0 Å². The van der Waals surface area contributed by atoms with E-state index in [0.717, 1.165) is 11.9 Å². The van der Waals surface area contributed by atoms with Crippen LogP contribution in [0.1, 0.15) is 17.7 Å². The zero-order chi connectivity index (χ0) is 16.8. The first kappa shape index (κ1) is 15.9. The van der Waals surface area contributed by atoms with E-state index in [1.165, 1.54) is 6.07 Å². The van der Waals surface area contributed by atoms with Crippen molar-refractivity contribution in [3.63, 3.8) is 0 Å². The topological polar surface area (TPSA) is 85.6 Å². The summed E-state index contributed by atoms with van der Waals surface area (Å²) in [5.74, 6) is -1.44. The Bertz CT molecular complexity index is 887. The molecule has 2 heterocycles. The molecule has 2 aromatic rings. The van der Waals surface area contributed by atoms with Crippen LogP contribution in [0.15, 0.2) is 18.2 Å². The highest BCUT2D eigenvalue weighted by Gasteiger charge is 2.29. The number of carboxylic acid groups (broad SMARTS) is 1. The van der Waals surface area contributed by atoms with Gasteiger partial charge in [-0.25, -0.2) is 4.39 Å². The van der Waals surface area contributed by atoms with Crippen LogP contribution in [-0.2, 0) is 38.5 Å². The summed E-state index contributed by atoms with van der Waals surface area (Å²) >= 11 is 0.